The van der Waals surface area contributed by atoms with Gasteiger partial charge in [-0.3, -0.25) is 19.3 Å². The van der Waals surface area contributed by atoms with E-state index in [1.807, 2.05) is 0 Å². The Balaban J connectivity index is 1.49. The number of carbonyl (C=O) groups is 5. The Morgan fingerprint density at radius 3 is 2.11 bits per heavy atom. The predicted molar refractivity (Wildman–Crippen MR) is 164 cm³/mol. The van der Waals surface area contributed by atoms with Crippen molar-refractivity contribution in [3.8, 4) is 0 Å². The van der Waals surface area contributed by atoms with E-state index in [0.717, 1.165) is 44.2 Å². The third-order valence-electron chi connectivity index (χ3n) is 8.86. The number of aryl methyl sites for hydroxylation is 1. The number of piperazine rings is 1. The second-order valence-electron chi connectivity index (χ2n) is 13.1. The number of carboxylic acid groups (broad SMARTS) is 1. The fourth-order valence-corrected chi connectivity index (χ4v) is 6.16. The van der Waals surface area contributed by atoms with Gasteiger partial charge in [-0.25, -0.2) is 18.4 Å². The summed E-state index contributed by atoms with van der Waals surface area (Å²) in [7, 11) is 2.88. The highest BCUT2D eigenvalue weighted by Gasteiger charge is 2.38. The van der Waals surface area contributed by atoms with Gasteiger partial charge in [-0.05, 0) is 52.5 Å². The summed E-state index contributed by atoms with van der Waals surface area (Å²) in [5.41, 5.74) is -1.33. The Labute approximate surface area is 266 Å². The van der Waals surface area contributed by atoms with Crippen LogP contribution in [0, 0.1) is 17.6 Å². The molecule has 1 aromatic carbocycles. The Kier molecular flexibility index (Phi) is 10.3. The minimum absolute atomic E-state index is 0.0612. The zero-order valence-electron chi connectivity index (χ0n) is 27.2. The van der Waals surface area contributed by atoms with E-state index >= 15 is 0 Å². The number of halogens is 2. The van der Waals surface area contributed by atoms with Crippen LogP contribution in [0.4, 0.5) is 13.6 Å². The van der Waals surface area contributed by atoms with Gasteiger partial charge in [-0.15, -0.1) is 0 Å². The van der Waals surface area contributed by atoms with Crippen molar-refractivity contribution >= 4 is 40.7 Å². The Bertz CT molecular complexity index is 1520. The molecule has 12 nitrogen and oxygen atoms in total. The summed E-state index contributed by atoms with van der Waals surface area (Å²) >= 11 is 0. The third kappa shape index (κ3) is 7.26. The molecule has 14 heteroatoms. The molecule has 1 saturated carbocycles. The minimum atomic E-state index is -1.45. The number of hydrogen-bond acceptors (Lipinski definition) is 6. The van der Waals surface area contributed by atoms with Gasteiger partial charge in [0.25, 0.3) is 5.91 Å². The molecule has 0 bridgehead atoms. The molecule has 2 atom stereocenters. The highest BCUT2D eigenvalue weighted by atomic mass is 19.2. The summed E-state index contributed by atoms with van der Waals surface area (Å²) in [5, 5.41) is 12.7. The van der Waals surface area contributed by atoms with Crippen LogP contribution in [0.15, 0.2) is 12.1 Å². The van der Waals surface area contributed by atoms with E-state index in [4.69, 9.17) is 4.74 Å². The number of nitrogens with zero attached hydrogens (tertiary/aromatic N) is 4. The number of rotatable bonds is 7. The van der Waals surface area contributed by atoms with Gasteiger partial charge in [0, 0.05) is 51.7 Å². The van der Waals surface area contributed by atoms with E-state index in [1.54, 1.807) is 32.6 Å². The fourth-order valence-electron chi connectivity index (χ4n) is 6.16. The van der Waals surface area contributed by atoms with Crippen molar-refractivity contribution in [3.05, 3.63) is 35.0 Å². The quantitative estimate of drug-likeness (QED) is 0.466. The van der Waals surface area contributed by atoms with E-state index in [-0.39, 0.29) is 54.6 Å². The zero-order valence-corrected chi connectivity index (χ0v) is 27.2. The van der Waals surface area contributed by atoms with Crippen molar-refractivity contribution in [1.29, 1.82) is 0 Å². The highest BCUT2D eigenvalue weighted by molar-refractivity contribution is 6.13. The maximum Gasteiger partial charge on any atom is 0.410 e. The van der Waals surface area contributed by atoms with Crippen molar-refractivity contribution in [3.63, 3.8) is 0 Å². The van der Waals surface area contributed by atoms with E-state index in [9.17, 15) is 37.9 Å². The molecule has 2 aliphatic rings. The largest absolute Gasteiger partial charge is 0.478 e. The topological polar surface area (TPSA) is 141 Å². The molecular weight excluding hydrogens is 604 g/mol. The lowest BCUT2D eigenvalue weighted by atomic mass is 9.83. The number of benzene rings is 1. The van der Waals surface area contributed by atoms with Crippen molar-refractivity contribution in [2.24, 2.45) is 13.0 Å². The highest BCUT2D eigenvalue weighted by Crippen LogP contribution is 2.30. The van der Waals surface area contributed by atoms with Crippen LogP contribution in [0.1, 0.15) is 80.6 Å². The fraction of sp³-hybridized carbons (Fsp3) is 0.594. The lowest BCUT2D eigenvalue weighted by molar-refractivity contribution is -0.140. The molecule has 4 amide bonds. The molecule has 1 aliphatic heterocycles. The van der Waals surface area contributed by atoms with Crippen molar-refractivity contribution in [1.82, 2.24) is 24.6 Å². The number of amides is 4. The van der Waals surface area contributed by atoms with Crippen molar-refractivity contribution < 1.29 is 42.6 Å². The summed E-state index contributed by atoms with van der Waals surface area (Å²) in [6, 6.07) is -0.107. The first-order valence-electron chi connectivity index (χ1n) is 15.6. The van der Waals surface area contributed by atoms with Crippen LogP contribution in [0.2, 0.25) is 0 Å². The molecule has 2 heterocycles. The first-order chi connectivity index (χ1) is 21.5. The molecule has 0 spiro atoms. The molecule has 0 radical (unpaired) electrons. The monoisotopic (exact) mass is 647 g/mol. The van der Waals surface area contributed by atoms with Crippen LogP contribution >= 0.6 is 0 Å². The summed E-state index contributed by atoms with van der Waals surface area (Å²) in [6.07, 6.45) is 3.73. The van der Waals surface area contributed by atoms with Crippen LogP contribution in [0.5, 0.6) is 0 Å². The Morgan fingerprint density at radius 1 is 0.978 bits per heavy atom. The SMILES string of the molecule is CC(C(=O)NC(C(=O)N1CCN(C(=O)c2c(C(=O)O)c3cc(F)c(F)cc3n2C)CC1)C1CCCCC1)N(C)C(=O)OC(C)(C)C. The van der Waals surface area contributed by atoms with Crippen molar-refractivity contribution in [2.45, 2.75) is 77.5 Å². The molecule has 252 valence electrons. The number of hydrogen-bond donors (Lipinski definition) is 2. The van der Waals surface area contributed by atoms with Gasteiger partial charge in [0.05, 0.1) is 11.1 Å². The standard InChI is InChI=1S/C32H43F2N5O7/c1-18(36(5)31(45)46-32(2,3)4)27(40)35-25(19-10-8-7-9-11-19)28(41)38-12-14-39(15-13-38)29(42)26-24(30(43)44)20-16-21(33)22(34)17-23(20)37(26)6/h16-19,25H,7-15H2,1-6H3,(H,35,40)(H,43,44). The first-order valence-corrected chi connectivity index (χ1v) is 15.6. The molecule has 2 unspecified atom stereocenters. The smallest absolute Gasteiger partial charge is 0.410 e. The number of nitrogens with one attached hydrogen (secondary N) is 1. The molecular formula is C32H43F2N5O7. The molecule has 2 N–H and O–H groups in total. The van der Waals surface area contributed by atoms with Gasteiger partial charge in [0.15, 0.2) is 11.6 Å². The van der Waals surface area contributed by atoms with Crippen LogP contribution < -0.4 is 5.32 Å². The van der Waals surface area contributed by atoms with Crippen LogP contribution in [0.25, 0.3) is 10.9 Å². The van der Waals surface area contributed by atoms with Crippen LogP contribution in [-0.4, -0.2) is 105 Å². The number of aromatic carboxylic acids is 1. The molecule has 1 saturated heterocycles. The predicted octanol–water partition coefficient (Wildman–Crippen LogP) is 3.76. The van der Waals surface area contributed by atoms with Gasteiger partial charge in [0.2, 0.25) is 11.8 Å². The lowest BCUT2D eigenvalue weighted by Gasteiger charge is -2.39. The summed E-state index contributed by atoms with van der Waals surface area (Å²) in [4.78, 5) is 69.8. The van der Waals surface area contributed by atoms with E-state index in [0.29, 0.717) is 0 Å². The van der Waals surface area contributed by atoms with E-state index in [1.165, 1.54) is 28.5 Å². The maximum atomic E-state index is 14.0. The van der Waals surface area contributed by atoms with Crippen LogP contribution in [-0.2, 0) is 21.4 Å². The number of fused-ring (bicyclic) bond motifs is 1. The van der Waals surface area contributed by atoms with Crippen molar-refractivity contribution in [2.75, 3.05) is 33.2 Å². The molecule has 2 aromatic rings. The van der Waals surface area contributed by atoms with Gasteiger partial charge < -0.3 is 29.5 Å². The molecule has 1 aliphatic carbocycles. The first kappa shape index (κ1) is 34.6. The average Bonchev–Trinajstić information content (AvgIpc) is 3.29. The molecule has 2 fully saturated rings. The lowest BCUT2D eigenvalue weighted by Crippen LogP contribution is -2.60. The van der Waals surface area contributed by atoms with Gasteiger partial charge in [0.1, 0.15) is 23.4 Å². The zero-order chi connectivity index (χ0) is 34.1. The number of likely N-dealkylation sites (N-methyl/N-ethyl adjacent to an activating group) is 1. The normalized spacial score (nSPS) is 17.4. The second kappa shape index (κ2) is 13.6. The minimum Gasteiger partial charge on any atom is -0.478 e. The number of ether oxygens (including phenoxy) is 1. The molecule has 46 heavy (non-hydrogen) atoms. The molecule has 1 aromatic heterocycles. The Morgan fingerprint density at radius 2 is 1.54 bits per heavy atom. The number of carbonyl (C=O) groups excluding carboxylic acids is 4. The molecule has 4 rings (SSSR count). The summed E-state index contributed by atoms with van der Waals surface area (Å²) in [5.74, 6) is -5.36. The number of aromatic nitrogens is 1. The van der Waals surface area contributed by atoms with E-state index in [2.05, 4.69) is 5.32 Å². The third-order valence-corrected chi connectivity index (χ3v) is 8.86. The van der Waals surface area contributed by atoms with Gasteiger partial charge in [-0.1, -0.05) is 19.3 Å². The van der Waals surface area contributed by atoms with Gasteiger partial charge >= 0.3 is 12.1 Å². The van der Waals surface area contributed by atoms with E-state index < -0.39 is 58.8 Å². The average molecular weight is 648 g/mol. The van der Waals surface area contributed by atoms with Gasteiger partial charge in [-0.2, -0.15) is 0 Å². The summed E-state index contributed by atoms with van der Waals surface area (Å²) < 4.78 is 34.6. The van der Waals surface area contributed by atoms with Crippen LogP contribution in [0.3, 0.4) is 0 Å². The summed E-state index contributed by atoms with van der Waals surface area (Å²) in [6.45, 7) is 7.16. The maximum absolute atomic E-state index is 14.0. The second-order valence-corrected chi connectivity index (χ2v) is 13.1. The Hall–Kier alpha value is -4.23. The number of carboxylic acids is 1.